The van der Waals surface area contributed by atoms with Crippen molar-refractivity contribution >= 4 is 57.6 Å². The van der Waals surface area contributed by atoms with Crippen molar-refractivity contribution in [2.75, 3.05) is 44.7 Å². The van der Waals surface area contributed by atoms with Crippen LogP contribution in [0.4, 0.5) is 18.2 Å². The van der Waals surface area contributed by atoms with Gasteiger partial charge in [0.1, 0.15) is 0 Å². The van der Waals surface area contributed by atoms with Crippen molar-refractivity contribution in [2.45, 2.75) is 12.6 Å². The molecule has 0 radical (unpaired) electrons. The molecular formula is C16H21F3IN5S2. The van der Waals surface area contributed by atoms with E-state index >= 15 is 0 Å². The fourth-order valence-electron chi connectivity index (χ4n) is 2.76. The zero-order chi connectivity index (χ0) is 18.6. The molecule has 0 aliphatic carbocycles. The molecule has 1 saturated heterocycles. The molecule has 0 bridgehead atoms. The van der Waals surface area contributed by atoms with Gasteiger partial charge in [-0.3, -0.25) is 4.99 Å². The molecule has 0 unspecified atom stereocenters. The third kappa shape index (κ3) is 5.95. The molecule has 3 heterocycles. The van der Waals surface area contributed by atoms with Crippen LogP contribution in [-0.4, -0.2) is 55.6 Å². The molecule has 2 aromatic rings. The molecule has 0 saturated carbocycles. The van der Waals surface area contributed by atoms with E-state index in [1.807, 2.05) is 0 Å². The van der Waals surface area contributed by atoms with Gasteiger partial charge in [0.25, 0.3) is 0 Å². The maximum atomic E-state index is 12.6. The van der Waals surface area contributed by atoms with Gasteiger partial charge in [0, 0.05) is 51.6 Å². The molecule has 1 N–H and O–H groups in total. The van der Waals surface area contributed by atoms with Crippen LogP contribution in [-0.2, 0) is 12.6 Å². The van der Waals surface area contributed by atoms with E-state index in [9.17, 15) is 13.2 Å². The van der Waals surface area contributed by atoms with Gasteiger partial charge in [0.2, 0.25) is 0 Å². The number of aromatic nitrogens is 1. The molecule has 1 aliphatic rings. The Morgan fingerprint density at radius 3 is 2.56 bits per heavy atom. The lowest BCUT2D eigenvalue weighted by Gasteiger charge is -2.37. The summed E-state index contributed by atoms with van der Waals surface area (Å²) < 4.78 is 37.7. The Balaban J connectivity index is 0.00000261. The van der Waals surface area contributed by atoms with Crippen molar-refractivity contribution in [3.8, 4) is 0 Å². The van der Waals surface area contributed by atoms with E-state index in [0.717, 1.165) is 48.9 Å². The zero-order valence-corrected chi connectivity index (χ0v) is 18.7. The van der Waals surface area contributed by atoms with Crippen molar-refractivity contribution in [3.05, 3.63) is 33.6 Å². The number of hydrogen-bond donors (Lipinski definition) is 1. The third-order valence-electron chi connectivity index (χ3n) is 4.07. The molecule has 0 spiro atoms. The molecule has 1 aliphatic heterocycles. The molecule has 0 atom stereocenters. The molecule has 0 aromatic carbocycles. The van der Waals surface area contributed by atoms with Crippen LogP contribution in [0.2, 0.25) is 0 Å². The van der Waals surface area contributed by atoms with E-state index in [2.05, 4.69) is 42.6 Å². The number of nitrogens with one attached hydrogen (secondary N) is 1. The van der Waals surface area contributed by atoms with E-state index < -0.39 is 11.9 Å². The monoisotopic (exact) mass is 531 g/mol. The van der Waals surface area contributed by atoms with Crippen LogP contribution in [0.25, 0.3) is 0 Å². The number of halogens is 4. The first-order valence-corrected chi connectivity index (χ1v) is 9.99. The highest BCUT2D eigenvalue weighted by Crippen LogP contribution is 2.30. The van der Waals surface area contributed by atoms with E-state index in [0.29, 0.717) is 18.0 Å². The normalized spacial score (nSPS) is 15.6. The summed E-state index contributed by atoms with van der Waals surface area (Å²) in [7, 11) is 1.72. The lowest BCUT2D eigenvalue weighted by Crippen LogP contribution is -2.52. The van der Waals surface area contributed by atoms with E-state index in [1.165, 1.54) is 5.00 Å². The highest BCUT2D eigenvalue weighted by Gasteiger charge is 2.33. The van der Waals surface area contributed by atoms with Crippen LogP contribution in [0.5, 0.6) is 0 Å². The summed E-state index contributed by atoms with van der Waals surface area (Å²) in [6, 6.07) is 4.17. The van der Waals surface area contributed by atoms with Crippen molar-refractivity contribution in [1.29, 1.82) is 0 Å². The van der Waals surface area contributed by atoms with Gasteiger partial charge in [-0.05, 0) is 17.5 Å². The molecule has 150 valence electrons. The summed E-state index contributed by atoms with van der Waals surface area (Å²) in [5.41, 5.74) is -0.813. The minimum absolute atomic E-state index is 0. The Hall–Kier alpha value is -1.08. The number of piperazine rings is 1. The van der Waals surface area contributed by atoms with Gasteiger partial charge in [0.15, 0.2) is 11.7 Å². The summed E-state index contributed by atoms with van der Waals surface area (Å²) in [4.78, 5) is 12.5. The van der Waals surface area contributed by atoms with Gasteiger partial charge in [0.05, 0.1) is 10.0 Å². The average molecular weight is 531 g/mol. The number of alkyl halides is 3. The van der Waals surface area contributed by atoms with Crippen molar-refractivity contribution < 1.29 is 13.2 Å². The summed E-state index contributed by atoms with van der Waals surface area (Å²) in [6.07, 6.45) is -3.94. The van der Waals surface area contributed by atoms with Crippen LogP contribution in [0, 0.1) is 0 Å². The molecule has 27 heavy (non-hydrogen) atoms. The summed E-state index contributed by atoms with van der Waals surface area (Å²) >= 11 is 2.78. The molecule has 0 amide bonds. The first-order chi connectivity index (χ1) is 12.5. The van der Waals surface area contributed by atoms with Crippen LogP contribution in [0.15, 0.2) is 27.9 Å². The quantitative estimate of drug-likeness (QED) is 0.371. The van der Waals surface area contributed by atoms with Gasteiger partial charge in [-0.25, -0.2) is 4.98 Å². The third-order valence-corrected chi connectivity index (χ3v) is 5.91. The van der Waals surface area contributed by atoms with Gasteiger partial charge >= 0.3 is 6.18 Å². The first-order valence-electron chi connectivity index (χ1n) is 8.23. The van der Waals surface area contributed by atoms with Gasteiger partial charge in [-0.1, -0.05) is 0 Å². The highest BCUT2D eigenvalue weighted by atomic mass is 127. The number of aliphatic imine (C=N–C) groups is 1. The van der Waals surface area contributed by atoms with Crippen LogP contribution in [0.1, 0.15) is 10.7 Å². The number of thiazole rings is 1. The minimum atomic E-state index is -4.37. The Labute approximate surface area is 181 Å². The predicted molar refractivity (Wildman–Crippen MR) is 116 cm³/mol. The number of rotatable bonds is 4. The largest absolute Gasteiger partial charge is 0.434 e. The Morgan fingerprint density at radius 2 is 2.00 bits per heavy atom. The van der Waals surface area contributed by atoms with Crippen LogP contribution >= 0.6 is 46.7 Å². The van der Waals surface area contributed by atoms with Gasteiger partial charge in [-0.15, -0.1) is 46.7 Å². The van der Waals surface area contributed by atoms with Crippen molar-refractivity contribution in [2.24, 2.45) is 4.99 Å². The standard InChI is InChI=1S/C16H20F3N5S2.HI/c1-20-15(21-5-4-13-22-12(11-26-13)16(17,18)19)24-8-6-23(7-9-24)14-3-2-10-25-14;/h2-3,10-11H,4-9H2,1H3,(H,20,21);1H. The van der Waals surface area contributed by atoms with E-state index in [4.69, 9.17) is 0 Å². The lowest BCUT2D eigenvalue weighted by molar-refractivity contribution is -0.140. The molecule has 11 heteroatoms. The van der Waals surface area contributed by atoms with Gasteiger partial charge in [-0.2, -0.15) is 13.2 Å². The Kier molecular flexibility index (Phi) is 8.16. The van der Waals surface area contributed by atoms with Crippen molar-refractivity contribution in [1.82, 2.24) is 15.2 Å². The van der Waals surface area contributed by atoms with Crippen molar-refractivity contribution in [3.63, 3.8) is 0 Å². The maximum Gasteiger partial charge on any atom is 0.434 e. The Morgan fingerprint density at radius 1 is 1.26 bits per heavy atom. The number of nitrogens with zero attached hydrogens (tertiary/aromatic N) is 4. The summed E-state index contributed by atoms with van der Waals surface area (Å²) in [5, 5.41) is 8.12. The van der Waals surface area contributed by atoms with E-state index in [-0.39, 0.29) is 24.0 Å². The maximum absolute atomic E-state index is 12.6. The zero-order valence-electron chi connectivity index (χ0n) is 14.7. The smallest absolute Gasteiger partial charge is 0.360 e. The first kappa shape index (κ1) is 22.2. The van der Waals surface area contributed by atoms with E-state index in [1.54, 1.807) is 18.4 Å². The average Bonchev–Trinajstić information content (AvgIpc) is 3.30. The second kappa shape index (κ2) is 9.92. The lowest BCUT2D eigenvalue weighted by atomic mass is 10.3. The predicted octanol–water partition coefficient (Wildman–Crippen LogP) is 3.78. The molecular weight excluding hydrogens is 510 g/mol. The SMILES string of the molecule is CN=C(NCCc1nc(C(F)(F)F)cs1)N1CCN(c2cccs2)CC1.I. The molecule has 5 nitrogen and oxygen atoms in total. The fourth-order valence-corrected chi connectivity index (χ4v) is 4.35. The Bertz CT molecular complexity index is 725. The van der Waals surface area contributed by atoms with Gasteiger partial charge < -0.3 is 15.1 Å². The number of guanidine groups is 1. The molecule has 3 rings (SSSR count). The highest BCUT2D eigenvalue weighted by molar-refractivity contribution is 14.0. The summed E-state index contributed by atoms with van der Waals surface area (Å²) in [6.45, 7) is 4.05. The fraction of sp³-hybridized carbons (Fsp3) is 0.500. The second-order valence-electron chi connectivity index (χ2n) is 5.77. The topological polar surface area (TPSA) is 43.8 Å². The molecule has 2 aromatic heterocycles. The number of hydrogen-bond acceptors (Lipinski definition) is 5. The number of thiophene rings is 1. The minimum Gasteiger partial charge on any atom is -0.360 e. The summed E-state index contributed by atoms with van der Waals surface area (Å²) in [5.74, 6) is 0.781. The molecule has 1 fully saturated rings. The van der Waals surface area contributed by atoms with Crippen LogP contribution in [0.3, 0.4) is 0 Å². The number of anilines is 1. The van der Waals surface area contributed by atoms with Crippen LogP contribution < -0.4 is 10.2 Å². The second-order valence-corrected chi connectivity index (χ2v) is 7.64.